The monoisotopic (exact) mass is 296 g/mol. The summed E-state index contributed by atoms with van der Waals surface area (Å²) < 4.78 is 13.9. The fourth-order valence-electron chi connectivity index (χ4n) is 2.16. The number of halogens is 1. The molecule has 0 unspecified atom stereocenters. The van der Waals surface area contributed by atoms with Gasteiger partial charge in [0.05, 0.1) is 0 Å². The van der Waals surface area contributed by atoms with Crippen LogP contribution in [0.2, 0.25) is 0 Å². The van der Waals surface area contributed by atoms with Crippen LogP contribution in [-0.4, -0.2) is 9.97 Å². The van der Waals surface area contributed by atoms with E-state index in [9.17, 15) is 4.39 Å². The molecule has 0 radical (unpaired) electrons. The second-order valence-corrected chi connectivity index (χ2v) is 5.23. The molecular weight excluding hydrogens is 283 g/mol. The lowest BCUT2D eigenvalue weighted by molar-refractivity contribution is 0.619. The van der Waals surface area contributed by atoms with Crippen molar-refractivity contribution in [2.45, 2.75) is 6.92 Å². The van der Waals surface area contributed by atoms with Crippen LogP contribution < -0.4 is 0 Å². The summed E-state index contributed by atoms with van der Waals surface area (Å²) in [6.45, 7) is 1.74. The molecule has 0 saturated heterocycles. The summed E-state index contributed by atoms with van der Waals surface area (Å²) in [6, 6.07) is 16.6. The van der Waals surface area contributed by atoms with Crippen LogP contribution in [0.3, 0.4) is 0 Å². The van der Waals surface area contributed by atoms with Gasteiger partial charge in [0.15, 0.2) is 0 Å². The second kappa shape index (κ2) is 5.58. The van der Waals surface area contributed by atoms with E-state index < -0.39 is 0 Å². The minimum atomic E-state index is -0.213. The summed E-state index contributed by atoms with van der Waals surface area (Å²) in [6.07, 6.45) is 0. The Morgan fingerprint density at radius 2 is 1.76 bits per heavy atom. The maximum atomic E-state index is 13.4. The molecule has 0 bridgehead atoms. The van der Waals surface area contributed by atoms with Crippen molar-refractivity contribution in [1.82, 2.24) is 9.97 Å². The second-order valence-electron chi connectivity index (χ2n) is 4.81. The highest BCUT2D eigenvalue weighted by Gasteiger charge is 2.06. The summed E-state index contributed by atoms with van der Waals surface area (Å²) in [7, 11) is 0. The highest BCUT2D eigenvalue weighted by molar-refractivity contribution is 7.71. The average Bonchev–Trinajstić information content (AvgIpc) is 2.50. The van der Waals surface area contributed by atoms with Crippen molar-refractivity contribution in [3.05, 3.63) is 70.6 Å². The van der Waals surface area contributed by atoms with Gasteiger partial charge in [-0.05, 0) is 42.3 Å². The van der Waals surface area contributed by atoms with E-state index >= 15 is 0 Å². The number of hydrogen-bond donors (Lipinski definition) is 1. The smallest absolute Gasteiger partial charge is 0.139 e. The molecule has 2 aromatic carbocycles. The Balaban J connectivity index is 2.14. The van der Waals surface area contributed by atoms with Gasteiger partial charge in [0.2, 0.25) is 0 Å². The first kappa shape index (κ1) is 13.6. The van der Waals surface area contributed by atoms with E-state index in [1.807, 2.05) is 30.3 Å². The molecule has 0 aliphatic rings. The molecule has 1 N–H and O–H groups in total. The van der Waals surface area contributed by atoms with Crippen LogP contribution >= 0.6 is 12.2 Å². The van der Waals surface area contributed by atoms with Gasteiger partial charge in [-0.3, -0.25) is 0 Å². The number of H-pyrrole nitrogens is 1. The third-order valence-corrected chi connectivity index (χ3v) is 3.47. The number of aryl methyl sites for hydroxylation is 1. The van der Waals surface area contributed by atoms with Crippen LogP contribution in [0.4, 0.5) is 4.39 Å². The zero-order chi connectivity index (χ0) is 14.8. The van der Waals surface area contributed by atoms with Crippen molar-refractivity contribution in [3.63, 3.8) is 0 Å². The number of aromatic nitrogens is 2. The molecule has 1 aromatic heterocycles. The van der Waals surface area contributed by atoms with Crippen LogP contribution in [0.15, 0.2) is 54.6 Å². The fraction of sp³-hybridized carbons (Fsp3) is 0.0588. The molecule has 0 aliphatic heterocycles. The maximum absolute atomic E-state index is 13.4. The molecule has 0 aliphatic carbocycles. The van der Waals surface area contributed by atoms with Crippen molar-refractivity contribution < 1.29 is 4.39 Å². The summed E-state index contributed by atoms with van der Waals surface area (Å²) in [5.41, 5.74) is 3.28. The fourth-order valence-corrected chi connectivity index (χ4v) is 2.37. The van der Waals surface area contributed by atoms with Crippen molar-refractivity contribution in [2.75, 3.05) is 0 Å². The number of nitrogens with one attached hydrogen (secondary N) is 1. The molecule has 0 spiro atoms. The molecule has 4 heteroatoms. The van der Waals surface area contributed by atoms with Gasteiger partial charge in [-0.2, -0.15) is 0 Å². The van der Waals surface area contributed by atoms with Gasteiger partial charge in [0.25, 0.3) is 0 Å². The first-order valence-corrected chi connectivity index (χ1v) is 6.97. The van der Waals surface area contributed by atoms with Gasteiger partial charge in [0.1, 0.15) is 16.3 Å². The molecule has 104 valence electrons. The standard InChI is InChI=1S/C17H13FN2S/c1-11-9-13(7-8-14(11)18)15-10-16(21)20-17(19-15)12-5-3-2-4-6-12/h2-10H,1H3,(H,19,20,21). The zero-order valence-electron chi connectivity index (χ0n) is 11.4. The molecule has 0 saturated carbocycles. The average molecular weight is 296 g/mol. The van der Waals surface area contributed by atoms with Gasteiger partial charge in [-0.1, -0.05) is 42.5 Å². The predicted octanol–water partition coefficient (Wildman–Crippen LogP) is 4.92. The highest BCUT2D eigenvalue weighted by Crippen LogP contribution is 2.23. The van der Waals surface area contributed by atoms with Gasteiger partial charge in [0, 0.05) is 11.3 Å². The van der Waals surface area contributed by atoms with Crippen LogP contribution in [-0.2, 0) is 0 Å². The van der Waals surface area contributed by atoms with Gasteiger partial charge >= 0.3 is 0 Å². The number of benzene rings is 2. The lowest BCUT2D eigenvalue weighted by Crippen LogP contribution is -1.93. The Morgan fingerprint density at radius 1 is 1.00 bits per heavy atom. The van der Waals surface area contributed by atoms with Crippen LogP contribution in [0.5, 0.6) is 0 Å². The third kappa shape index (κ3) is 2.90. The maximum Gasteiger partial charge on any atom is 0.139 e. The van der Waals surface area contributed by atoms with E-state index in [0.717, 1.165) is 16.8 Å². The van der Waals surface area contributed by atoms with Gasteiger partial charge in [-0.15, -0.1) is 0 Å². The Hall–Kier alpha value is -2.33. The normalized spacial score (nSPS) is 10.6. The summed E-state index contributed by atoms with van der Waals surface area (Å²) in [5.74, 6) is 0.495. The highest BCUT2D eigenvalue weighted by atomic mass is 32.1. The van der Waals surface area contributed by atoms with Gasteiger partial charge in [-0.25, -0.2) is 9.37 Å². The van der Waals surface area contributed by atoms with E-state index in [-0.39, 0.29) is 5.82 Å². The van der Waals surface area contributed by atoms with E-state index in [2.05, 4.69) is 9.97 Å². The Morgan fingerprint density at radius 3 is 2.48 bits per heavy atom. The van der Waals surface area contributed by atoms with Crippen molar-refractivity contribution in [1.29, 1.82) is 0 Å². The lowest BCUT2D eigenvalue weighted by Gasteiger charge is -2.07. The summed E-state index contributed by atoms with van der Waals surface area (Å²) in [4.78, 5) is 7.62. The third-order valence-electron chi connectivity index (χ3n) is 3.26. The van der Waals surface area contributed by atoms with Crippen LogP contribution in [0, 0.1) is 17.4 Å². The van der Waals surface area contributed by atoms with Crippen LogP contribution in [0.1, 0.15) is 5.56 Å². The molecular formula is C17H13FN2S. The summed E-state index contributed by atoms with van der Waals surface area (Å²) in [5, 5.41) is 0. The first-order chi connectivity index (χ1) is 10.1. The quantitative estimate of drug-likeness (QED) is 0.680. The van der Waals surface area contributed by atoms with E-state index in [4.69, 9.17) is 12.2 Å². The molecule has 0 atom stereocenters. The summed E-state index contributed by atoms with van der Waals surface area (Å²) >= 11 is 5.24. The van der Waals surface area contributed by atoms with E-state index in [0.29, 0.717) is 16.0 Å². The molecule has 21 heavy (non-hydrogen) atoms. The van der Waals surface area contributed by atoms with Crippen molar-refractivity contribution in [2.24, 2.45) is 0 Å². The SMILES string of the molecule is Cc1cc(-c2cc(=S)nc(-c3ccccc3)[nH]2)ccc1F. The minimum absolute atomic E-state index is 0.213. The zero-order valence-corrected chi connectivity index (χ0v) is 12.2. The lowest BCUT2D eigenvalue weighted by atomic mass is 10.1. The van der Waals surface area contributed by atoms with E-state index in [1.165, 1.54) is 6.07 Å². The topological polar surface area (TPSA) is 28.7 Å². The molecule has 0 amide bonds. The minimum Gasteiger partial charge on any atom is -0.339 e. The van der Waals surface area contributed by atoms with Crippen LogP contribution in [0.25, 0.3) is 22.6 Å². The Bertz CT molecular complexity index is 841. The van der Waals surface area contributed by atoms with E-state index in [1.54, 1.807) is 25.1 Å². The Kier molecular flexibility index (Phi) is 3.62. The first-order valence-electron chi connectivity index (χ1n) is 6.57. The molecule has 3 rings (SSSR count). The Labute approximate surface area is 127 Å². The van der Waals surface area contributed by atoms with Crippen molar-refractivity contribution in [3.8, 4) is 22.6 Å². The molecule has 3 aromatic rings. The number of aromatic amines is 1. The van der Waals surface area contributed by atoms with Gasteiger partial charge < -0.3 is 4.98 Å². The largest absolute Gasteiger partial charge is 0.339 e. The molecule has 1 heterocycles. The van der Waals surface area contributed by atoms with Crippen molar-refractivity contribution >= 4 is 12.2 Å². The predicted molar refractivity (Wildman–Crippen MR) is 85.0 cm³/mol. The molecule has 0 fully saturated rings. The number of hydrogen-bond acceptors (Lipinski definition) is 2. The molecule has 2 nitrogen and oxygen atoms in total. The number of nitrogens with zero attached hydrogens (tertiary/aromatic N) is 1. The number of rotatable bonds is 2.